The fraction of sp³-hybridized carbons (Fsp3) is 0.444. The Morgan fingerprint density at radius 2 is 2.00 bits per heavy atom. The number of carbonyl (C=O) groups excluding carboxylic acids is 1. The average Bonchev–Trinajstić information content (AvgIpc) is 3.32. The van der Waals surface area contributed by atoms with Crippen molar-refractivity contribution in [3.63, 3.8) is 0 Å². The second-order valence-electron chi connectivity index (χ2n) is 10.0. The van der Waals surface area contributed by atoms with Gasteiger partial charge < -0.3 is 18.7 Å². The Bertz CT molecular complexity index is 1190. The molecule has 1 aliphatic heterocycles. The highest BCUT2D eigenvalue weighted by molar-refractivity contribution is 6.72. The summed E-state index contributed by atoms with van der Waals surface area (Å²) in [5.41, 5.74) is 2.71. The summed E-state index contributed by atoms with van der Waals surface area (Å²) in [5, 5.41) is 17.3. The van der Waals surface area contributed by atoms with E-state index in [0.717, 1.165) is 17.7 Å². The lowest BCUT2D eigenvalue weighted by Crippen LogP contribution is -2.46. The number of rotatable bonds is 11. The maximum Gasteiger partial charge on any atom is 0.247 e. The molecule has 0 radical (unpaired) electrons. The molecular formula is C27H35FN4O4Si. The summed E-state index contributed by atoms with van der Waals surface area (Å²) in [4.78, 5) is 13.5. The molecule has 3 aromatic rings. The number of carbonyl (C=O) groups is 1. The van der Waals surface area contributed by atoms with Crippen LogP contribution in [0.2, 0.25) is 18.6 Å². The van der Waals surface area contributed by atoms with E-state index >= 15 is 4.11 Å². The first-order chi connectivity index (χ1) is 17.8. The van der Waals surface area contributed by atoms with Gasteiger partial charge in [0, 0.05) is 61.3 Å². The number of hydrogen-bond acceptors (Lipinski definition) is 6. The maximum atomic E-state index is 15.7. The molecule has 0 saturated heterocycles. The molecule has 1 aromatic heterocycles. The SMILES string of the molecule is CO[C@H]1c2cc(N(C=O)c3ccccc3)ccc2O[C@@H](C(CCn2cc(CCO)nn2)[Si](C)(C)F)[C@@H]1C. The first-order valence-corrected chi connectivity index (χ1v) is 15.5. The molecular weight excluding hydrogens is 491 g/mol. The topological polar surface area (TPSA) is 89.7 Å². The number of fused-ring (bicyclic) bond motifs is 1. The lowest BCUT2D eigenvalue weighted by atomic mass is 9.86. The highest BCUT2D eigenvalue weighted by Gasteiger charge is 2.47. The van der Waals surface area contributed by atoms with Crippen molar-refractivity contribution >= 4 is 26.2 Å². The van der Waals surface area contributed by atoms with Crippen molar-refractivity contribution in [3.05, 3.63) is 66.0 Å². The number of halogens is 1. The molecule has 2 heterocycles. The van der Waals surface area contributed by atoms with E-state index in [4.69, 9.17) is 14.6 Å². The Balaban J connectivity index is 1.60. The number of methoxy groups -OCH3 is 1. The second kappa shape index (κ2) is 11.5. The fourth-order valence-corrected chi connectivity index (χ4v) is 7.19. The summed E-state index contributed by atoms with van der Waals surface area (Å²) in [6.45, 7) is 5.98. The maximum absolute atomic E-state index is 15.7. The zero-order chi connectivity index (χ0) is 26.6. The third-order valence-electron chi connectivity index (χ3n) is 7.13. The predicted molar refractivity (Wildman–Crippen MR) is 142 cm³/mol. The second-order valence-corrected chi connectivity index (χ2v) is 13.9. The van der Waals surface area contributed by atoms with Crippen molar-refractivity contribution in [1.29, 1.82) is 0 Å². The Morgan fingerprint density at radius 3 is 2.65 bits per heavy atom. The zero-order valence-corrected chi connectivity index (χ0v) is 22.8. The van der Waals surface area contributed by atoms with Crippen molar-refractivity contribution in [2.45, 2.75) is 57.2 Å². The van der Waals surface area contributed by atoms with E-state index in [9.17, 15) is 4.79 Å². The molecule has 8 nitrogen and oxygen atoms in total. The van der Waals surface area contributed by atoms with Crippen LogP contribution in [-0.2, 0) is 22.5 Å². The summed E-state index contributed by atoms with van der Waals surface area (Å²) in [7, 11) is -1.50. The summed E-state index contributed by atoms with van der Waals surface area (Å²) >= 11 is 0. The molecule has 0 saturated carbocycles. The highest BCUT2D eigenvalue weighted by atomic mass is 28.4. The fourth-order valence-electron chi connectivity index (χ4n) is 5.22. The van der Waals surface area contributed by atoms with Crippen LogP contribution in [0.3, 0.4) is 0 Å². The number of aliphatic hydroxyl groups excluding tert-OH is 1. The summed E-state index contributed by atoms with van der Waals surface area (Å²) in [6, 6.07) is 15.0. The number of nitrogens with zero attached hydrogens (tertiary/aromatic N) is 4. The zero-order valence-electron chi connectivity index (χ0n) is 21.8. The van der Waals surface area contributed by atoms with Crippen LogP contribution in [0.15, 0.2) is 54.7 Å². The molecule has 2 aromatic carbocycles. The van der Waals surface area contributed by atoms with Gasteiger partial charge in [0.1, 0.15) is 11.9 Å². The summed E-state index contributed by atoms with van der Waals surface area (Å²) < 4.78 is 29.9. The van der Waals surface area contributed by atoms with Gasteiger partial charge in [0.25, 0.3) is 0 Å². The largest absolute Gasteiger partial charge is 0.490 e. The van der Waals surface area contributed by atoms with Gasteiger partial charge in [-0.3, -0.25) is 14.4 Å². The van der Waals surface area contributed by atoms with Gasteiger partial charge in [-0.05, 0) is 49.8 Å². The number of ether oxygens (including phenoxy) is 2. The first kappa shape index (κ1) is 27.0. The summed E-state index contributed by atoms with van der Waals surface area (Å²) in [6.07, 6.45) is 2.87. The molecule has 37 heavy (non-hydrogen) atoms. The molecule has 1 aliphatic rings. The number of aryl methyl sites for hydroxylation is 1. The van der Waals surface area contributed by atoms with E-state index < -0.39 is 8.41 Å². The van der Waals surface area contributed by atoms with Crippen molar-refractivity contribution in [2.24, 2.45) is 5.92 Å². The number of hydrogen-bond donors (Lipinski definition) is 1. The van der Waals surface area contributed by atoms with E-state index in [1.54, 1.807) is 36.0 Å². The van der Waals surface area contributed by atoms with Crippen molar-refractivity contribution in [3.8, 4) is 5.75 Å². The van der Waals surface area contributed by atoms with E-state index in [2.05, 4.69) is 10.3 Å². The average molecular weight is 527 g/mol. The van der Waals surface area contributed by atoms with Gasteiger partial charge in [0.2, 0.25) is 14.8 Å². The van der Waals surface area contributed by atoms with Crippen molar-refractivity contribution < 1.29 is 23.5 Å². The summed E-state index contributed by atoms with van der Waals surface area (Å²) in [5.74, 6) is 0.522. The van der Waals surface area contributed by atoms with Gasteiger partial charge >= 0.3 is 0 Å². The van der Waals surface area contributed by atoms with E-state index in [0.29, 0.717) is 36.5 Å². The minimum Gasteiger partial charge on any atom is -0.490 e. The first-order valence-electron chi connectivity index (χ1n) is 12.6. The number of aromatic nitrogens is 3. The standard InChI is InChI=1S/C27H35FN4O4Si/c1-19-26(35-2)23-16-22(32(18-34)21-8-6-5-7-9-21)10-11-24(23)36-27(19)25(37(3,4)28)12-14-31-17-20(13-15-33)29-30-31/h5-11,16-19,25-27,33H,12-15H2,1-4H3/t19-,25?,26-,27-/m1/s1. The van der Waals surface area contributed by atoms with Crippen LogP contribution in [0.5, 0.6) is 5.75 Å². The Hall–Kier alpha value is -3.08. The lowest BCUT2D eigenvalue weighted by molar-refractivity contribution is -0.106. The van der Waals surface area contributed by atoms with Crippen LogP contribution in [0, 0.1) is 5.92 Å². The van der Waals surface area contributed by atoms with Crippen LogP contribution in [0.1, 0.15) is 30.7 Å². The lowest BCUT2D eigenvalue weighted by Gasteiger charge is -2.43. The molecule has 0 spiro atoms. The minimum atomic E-state index is -3.16. The molecule has 1 unspecified atom stereocenters. The number of anilines is 2. The van der Waals surface area contributed by atoms with Gasteiger partial charge in [-0.25, -0.2) is 0 Å². The van der Waals surface area contributed by atoms with Crippen LogP contribution in [0.25, 0.3) is 0 Å². The minimum absolute atomic E-state index is 0.00859. The Labute approximate surface area is 218 Å². The quantitative estimate of drug-likeness (QED) is 0.219. The number of amides is 1. The number of benzene rings is 2. The number of aliphatic hydroxyl groups is 1. The number of para-hydroxylation sites is 1. The van der Waals surface area contributed by atoms with Gasteiger partial charge in [-0.1, -0.05) is 30.3 Å². The predicted octanol–water partition coefficient (Wildman–Crippen LogP) is 4.83. The van der Waals surface area contributed by atoms with Gasteiger partial charge in [-0.15, -0.1) is 5.10 Å². The molecule has 1 N–H and O–H groups in total. The molecule has 1 amide bonds. The van der Waals surface area contributed by atoms with E-state index in [1.807, 2.05) is 55.5 Å². The molecule has 0 aliphatic carbocycles. The van der Waals surface area contributed by atoms with Gasteiger partial charge in [-0.2, -0.15) is 0 Å². The van der Waals surface area contributed by atoms with Gasteiger partial charge in [0.05, 0.1) is 11.8 Å². The molecule has 4 rings (SSSR count). The molecule has 0 bridgehead atoms. The smallest absolute Gasteiger partial charge is 0.247 e. The normalized spacial score (nSPS) is 20.1. The molecule has 0 fully saturated rings. The highest BCUT2D eigenvalue weighted by Crippen LogP contribution is 2.48. The molecule has 10 heteroatoms. The van der Waals surface area contributed by atoms with Crippen molar-refractivity contribution in [2.75, 3.05) is 18.6 Å². The Morgan fingerprint density at radius 1 is 1.24 bits per heavy atom. The van der Waals surface area contributed by atoms with Crippen LogP contribution in [0.4, 0.5) is 15.5 Å². The Kier molecular flexibility index (Phi) is 8.41. The van der Waals surface area contributed by atoms with Crippen molar-refractivity contribution in [1.82, 2.24) is 15.0 Å². The van der Waals surface area contributed by atoms with E-state index in [1.165, 1.54) is 0 Å². The van der Waals surface area contributed by atoms with Crippen LogP contribution >= 0.6 is 0 Å². The van der Waals surface area contributed by atoms with Crippen LogP contribution in [-0.4, -0.2) is 54.7 Å². The monoisotopic (exact) mass is 526 g/mol. The molecule has 198 valence electrons. The third-order valence-corrected chi connectivity index (χ3v) is 9.51. The van der Waals surface area contributed by atoms with Gasteiger partial charge in [0.15, 0.2) is 0 Å². The molecule has 4 atom stereocenters. The third kappa shape index (κ3) is 5.92. The van der Waals surface area contributed by atoms with Crippen LogP contribution < -0.4 is 9.64 Å². The van der Waals surface area contributed by atoms with E-state index in [-0.39, 0.29) is 30.3 Å².